The van der Waals surface area contributed by atoms with Gasteiger partial charge in [-0.2, -0.15) is 0 Å². The molecule has 0 bridgehead atoms. The Morgan fingerprint density at radius 3 is 1.91 bits per heavy atom. The van der Waals surface area contributed by atoms with Gasteiger partial charge >= 0.3 is 5.97 Å². The van der Waals surface area contributed by atoms with Gasteiger partial charge in [-0.05, 0) is 31.4 Å². The number of nitrogens with zero attached hydrogens (tertiary/aromatic N) is 1. The first-order chi connectivity index (χ1) is 25.8. The van der Waals surface area contributed by atoms with Gasteiger partial charge in [-0.3, -0.25) is 39.0 Å². The molecule has 2 heterocycles. The van der Waals surface area contributed by atoms with Gasteiger partial charge in [-0.15, -0.1) is 0 Å². The van der Waals surface area contributed by atoms with Gasteiger partial charge in [-0.1, -0.05) is 42.8 Å². The monoisotopic (exact) mass is 739 g/mol. The summed E-state index contributed by atoms with van der Waals surface area (Å²) in [5.74, 6) is -4.37. The van der Waals surface area contributed by atoms with Crippen molar-refractivity contribution < 1.29 is 62.0 Å². The lowest BCUT2D eigenvalue weighted by molar-refractivity contribution is -0.140. The first-order valence-corrected chi connectivity index (χ1v) is 17.6. The van der Waals surface area contributed by atoms with Crippen molar-refractivity contribution in [2.45, 2.75) is 44.6 Å². The molecule has 2 aliphatic rings. The van der Waals surface area contributed by atoms with Crippen molar-refractivity contribution in [2.75, 3.05) is 78.0 Å². The highest BCUT2D eigenvalue weighted by atomic mass is 16.6. The molecule has 0 aliphatic carbocycles. The predicted octanol–water partition coefficient (Wildman–Crippen LogP) is 2.10. The zero-order chi connectivity index (χ0) is 37.8. The molecule has 2 N–H and O–H groups in total. The summed E-state index contributed by atoms with van der Waals surface area (Å²) in [6.07, 6.45) is 2.38. The number of Topliss-reactive ketones (excluding diaryl/α,β-unsaturated/α-hetero) is 1. The smallest absolute Gasteiger partial charge is 0.379 e. The van der Waals surface area contributed by atoms with Gasteiger partial charge in [0.05, 0.1) is 76.3 Å². The average molecular weight is 740 g/mol. The van der Waals surface area contributed by atoms with Crippen LogP contribution < -0.4 is 10.6 Å². The number of rotatable bonds is 25. The number of benzene rings is 2. The number of ether oxygens (including phenoxy) is 6. The van der Waals surface area contributed by atoms with E-state index in [2.05, 4.69) is 10.6 Å². The van der Waals surface area contributed by atoms with Crippen molar-refractivity contribution >= 4 is 47.0 Å². The first-order valence-electron chi connectivity index (χ1n) is 17.6. The van der Waals surface area contributed by atoms with E-state index in [-0.39, 0.29) is 60.8 Å². The molecule has 53 heavy (non-hydrogen) atoms. The van der Waals surface area contributed by atoms with Crippen LogP contribution in [0, 0.1) is 0 Å². The van der Waals surface area contributed by atoms with Crippen LogP contribution in [0.15, 0.2) is 48.5 Å². The molecule has 1 fully saturated rings. The summed E-state index contributed by atoms with van der Waals surface area (Å²) in [4.78, 5) is 87.1. The highest BCUT2D eigenvalue weighted by molar-refractivity contribution is 6.40. The molecular weight excluding hydrogens is 694 g/mol. The minimum Gasteiger partial charge on any atom is -0.457 e. The largest absolute Gasteiger partial charge is 0.457 e. The maximum atomic E-state index is 13.2. The van der Waals surface area contributed by atoms with Crippen LogP contribution in [0.2, 0.25) is 0 Å². The Bertz CT molecular complexity index is 1580. The molecule has 2 aromatic carbocycles. The SMILES string of the molecule is O=C1CCC(N2C(=O)c3cccc(NC(=O)CCCCCOCCOCCOCCOCCOCCOC(=O)C(=O)c4ccccc4)c3C2=O)C(=O)N1. The quantitative estimate of drug-likeness (QED) is 0.0493. The molecule has 5 amide bonds. The van der Waals surface area contributed by atoms with Crippen LogP contribution in [0.25, 0.3) is 0 Å². The van der Waals surface area contributed by atoms with Gasteiger partial charge in [0, 0.05) is 25.0 Å². The van der Waals surface area contributed by atoms with Crippen molar-refractivity contribution in [1.82, 2.24) is 10.2 Å². The third-order valence-electron chi connectivity index (χ3n) is 8.10. The Kier molecular flexibility index (Phi) is 17.2. The Morgan fingerprint density at radius 1 is 0.679 bits per heavy atom. The summed E-state index contributed by atoms with van der Waals surface area (Å²) in [7, 11) is 0. The summed E-state index contributed by atoms with van der Waals surface area (Å²) < 4.78 is 32.1. The minimum absolute atomic E-state index is 0.0219. The number of esters is 1. The third kappa shape index (κ3) is 12.9. The van der Waals surface area contributed by atoms with Crippen LogP contribution in [-0.2, 0) is 47.6 Å². The van der Waals surface area contributed by atoms with Crippen molar-refractivity contribution in [3.63, 3.8) is 0 Å². The molecule has 0 aromatic heterocycles. The zero-order valence-electron chi connectivity index (χ0n) is 29.5. The lowest BCUT2D eigenvalue weighted by atomic mass is 10.0. The number of hydrogen-bond donors (Lipinski definition) is 2. The van der Waals surface area contributed by atoms with Gasteiger partial charge in [0.2, 0.25) is 17.7 Å². The number of piperidine rings is 1. The Morgan fingerprint density at radius 2 is 1.28 bits per heavy atom. The second-order valence-corrected chi connectivity index (χ2v) is 11.9. The van der Waals surface area contributed by atoms with Gasteiger partial charge in [0.1, 0.15) is 12.6 Å². The van der Waals surface area contributed by atoms with E-state index in [0.717, 1.165) is 17.7 Å². The molecule has 2 aromatic rings. The topological polar surface area (TPSA) is 202 Å². The van der Waals surface area contributed by atoms with E-state index in [0.29, 0.717) is 65.9 Å². The summed E-state index contributed by atoms with van der Waals surface area (Å²) in [6, 6.07) is 11.7. The van der Waals surface area contributed by atoms with Gasteiger partial charge in [0.15, 0.2) is 0 Å². The fourth-order valence-electron chi connectivity index (χ4n) is 5.45. The molecule has 16 heteroatoms. The molecule has 1 unspecified atom stereocenters. The molecule has 0 spiro atoms. The second kappa shape index (κ2) is 22.3. The third-order valence-corrected chi connectivity index (χ3v) is 8.10. The predicted molar refractivity (Wildman–Crippen MR) is 186 cm³/mol. The number of amides is 5. The number of unbranched alkanes of at least 4 members (excludes halogenated alkanes) is 2. The van der Waals surface area contributed by atoms with Gasteiger partial charge in [-0.25, -0.2) is 4.79 Å². The van der Waals surface area contributed by atoms with E-state index in [1.165, 1.54) is 12.1 Å². The lowest BCUT2D eigenvalue weighted by Gasteiger charge is -2.27. The lowest BCUT2D eigenvalue weighted by Crippen LogP contribution is -2.54. The second-order valence-electron chi connectivity index (χ2n) is 11.9. The van der Waals surface area contributed by atoms with Crippen LogP contribution >= 0.6 is 0 Å². The molecular formula is C37H45N3O13. The molecule has 16 nitrogen and oxygen atoms in total. The Hall–Kier alpha value is -4.87. The Labute approximate surface area is 306 Å². The highest BCUT2D eigenvalue weighted by Gasteiger charge is 2.45. The highest BCUT2D eigenvalue weighted by Crippen LogP contribution is 2.32. The minimum atomic E-state index is -1.08. The van der Waals surface area contributed by atoms with Crippen molar-refractivity contribution in [1.29, 1.82) is 0 Å². The summed E-state index contributed by atoms with van der Waals surface area (Å²) in [5.41, 5.74) is 0.630. The molecule has 1 saturated heterocycles. The first kappa shape index (κ1) is 40.9. The number of hydrogen-bond acceptors (Lipinski definition) is 13. The average Bonchev–Trinajstić information content (AvgIpc) is 3.41. The van der Waals surface area contributed by atoms with E-state index in [9.17, 15) is 33.6 Å². The molecule has 0 saturated carbocycles. The molecule has 1 atom stereocenters. The van der Waals surface area contributed by atoms with Crippen LogP contribution in [0.1, 0.15) is 69.6 Å². The van der Waals surface area contributed by atoms with Crippen molar-refractivity contribution in [3.05, 3.63) is 65.2 Å². The normalized spacial score (nSPS) is 15.3. The van der Waals surface area contributed by atoms with Gasteiger partial charge in [0.25, 0.3) is 17.6 Å². The van der Waals surface area contributed by atoms with Gasteiger partial charge < -0.3 is 33.7 Å². The number of imide groups is 2. The number of ketones is 1. The summed E-state index contributed by atoms with van der Waals surface area (Å²) >= 11 is 0. The van der Waals surface area contributed by atoms with Crippen LogP contribution in [-0.4, -0.2) is 125 Å². The number of anilines is 1. The zero-order valence-corrected chi connectivity index (χ0v) is 29.5. The van der Waals surface area contributed by atoms with Crippen LogP contribution in [0.5, 0.6) is 0 Å². The fraction of sp³-hybridized carbons (Fsp3) is 0.486. The summed E-state index contributed by atoms with van der Waals surface area (Å²) in [6.45, 7) is 3.72. The van der Waals surface area contributed by atoms with E-state index < -0.39 is 41.4 Å². The Balaban J connectivity index is 0.919. The number of fused-ring (bicyclic) bond motifs is 1. The molecule has 0 radical (unpaired) electrons. The van der Waals surface area contributed by atoms with E-state index in [4.69, 9.17) is 28.4 Å². The number of carbonyl (C=O) groups is 7. The van der Waals surface area contributed by atoms with E-state index in [1.807, 2.05) is 0 Å². The maximum absolute atomic E-state index is 13.2. The van der Waals surface area contributed by atoms with Crippen molar-refractivity contribution in [3.8, 4) is 0 Å². The fourth-order valence-corrected chi connectivity index (χ4v) is 5.45. The summed E-state index contributed by atoms with van der Waals surface area (Å²) in [5, 5.41) is 4.88. The number of carbonyl (C=O) groups excluding carboxylic acids is 7. The maximum Gasteiger partial charge on any atom is 0.379 e. The van der Waals surface area contributed by atoms with Crippen LogP contribution in [0.3, 0.4) is 0 Å². The van der Waals surface area contributed by atoms with Crippen molar-refractivity contribution in [2.24, 2.45) is 0 Å². The van der Waals surface area contributed by atoms with E-state index >= 15 is 0 Å². The number of nitrogens with one attached hydrogen (secondary N) is 2. The standard InChI is InChI=1S/C37H45N3O13/c41-30(38-28-11-7-10-27-32(28)36(46)40(35(27)45)29-13-14-31(42)39-34(29)44)12-5-2-6-15-48-16-17-49-18-19-50-20-21-51-22-23-52-24-25-53-37(47)33(43)26-8-3-1-4-9-26/h1,3-4,7-11,29H,2,5-6,12-25H2,(H,38,41)(H,39,42,44). The molecule has 2 aliphatic heterocycles. The van der Waals surface area contributed by atoms with E-state index in [1.54, 1.807) is 36.4 Å². The van der Waals surface area contributed by atoms with Crippen LogP contribution in [0.4, 0.5) is 5.69 Å². The molecule has 286 valence electrons. The molecule has 4 rings (SSSR count).